The van der Waals surface area contributed by atoms with E-state index in [1.54, 1.807) is 18.2 Å². The first-order valence-corrected chi connectivity index (χ1v) is 5.76. The largest absolute Gasteiger partial charge is 0.494 e. The first kappa shape index (κ1) is 12.6. The Balaban J connectivity index is 2.19. The Hall–Kier alpha value is -1.87. The van der Waals surface area contributed by atoms with Gasteiger partial charge in [-0.05, 0) is 17.2 Å². The molecule has 0 saturated carbocycles. The Kier molecular flexibility index (Phi) is 3.95. The van der Waals surface area contributed by atoms with Crippen LogP contribution in [-0.4, -0.2) is 12.2 Å². The second-order valence-corrected chi connectivity index (χ2v) is 4.06. The molecule has 1 N–H and O–H groups in total. The number of ether oxygens (including phenoxy) is 1. The van der Waals surface area contributed by atoms with Gasteiger partial charge in [0, 0.05) is 6.42 Å². The molecule has 0 aliphatic heterocycles. The molecule has 2 nitrogen and oxygen atoms in total. The quantitative estimate of drug-likeness (QED) is 0.898. The smallest absolute Gasteiger partial charge is 0.168 e. The molecule has 1 atom stereocenters. The lowest BCUT2D eigenvalue weighted by molar-refractivity contribution is 0.177. The molecule has 0 bridgehead atoms. The van der Waals surface area contributed by atoms with E-state index in [0.717, 1.165) is 5.56 Å². The minimum Gasteiger partial charge on any atom is -0.494 e. The van der Waals surface area contributed by atoms with Crippen LogP contribution in [-0.2, 0) is 6.42 Å². The molecule has 3 heteroatoms. The maximum absolute atomic E-state index is 13.9. The summed E-state index contributed by atoms with van der Waals surface area (Å²) in [5.41, 5.74) is 1.23. The number of rotatable bonds is 4. The molecule has 0 radical (unpaired) electrons. The third-order valence-corrected chi connectivity index (χ3v) is 2.86. The van der Waals surface area contributed by atoms with Crippen LogP contribution in [0, 0.1) is 5.82 Å². The summed E-state index contributed by atoms with van der Waals surface area (Å²) >= 11 is 0. The first-order chi connectivity index (χ1) is 8.72. The third-order valence-electron chi connectivity index (χ3n) is 2.86. The van der Waals surface area contributed by atoms with Crippen molar-refractivity contribution in [1.82, 2.24) is 0 Å². The van der Waals surface area contributed by atoms with Crippen LogP contribution in [0.5, 0.6) is 5.75 Å². The molecule has 18 heavy (non-hydrogen) atoms. The second-order valence-electron chi connectivity index (χ2n) is 4.06. The molecule has 0 heterocycles. The highest BCUT2D eigenvalue weighted by atomic mass is 19.1. The lowest BCUT2D eigenvalue weighted by atomic mass is 10.0. The fourth-order valence-corrected chi connectivity index (χ4v) is 1.87. The van der Waals surface area contributed by atoms with E-state index in [-0.39, 0.29) is 12.2 Å². The van der Waals surface area contributed by atoms with Gasteiger partial charge in [0.1, 0.15) is 0 Å². The van der Waals surface area contributed by atoms with Crippen molar-refractivity contribution in [1.29, 1.82) is 0 Å². The average Bonchev–Trinajstić information content (AvgIpc) is 2.42. The molecule has 0 saturated heterocycles. The molecule has 0 aromatic heterocycles. The molecule has 0 amide bonds. The van der Waals surface area contributed by atoms with Crippen LogP contribution < -0.4 is 4.74 Å². The van der Waals surface area contributed by atoms with Gasteiger partial charge in [0.25, 0.3) is 0 Å². The Morgan fingerprint density at radius 2 is 1.83 bits per heavy atom. The summed E-state index contributed by atoms with van der Waals surface area (Å²) in [7, 11) is 1.43. The second kappa shape index (κ2) is 5.65. The summed E-state index contributed by atoms with van der Waals surface area (Å²) in [6.07, 6.45) is -0.486. The summed E-state index contributed by atoms with van der Waals surface area (Å²) in [4.78, 5) is 0. The van der Waals surface area contributed by atoms with E-state index < -0.39 is 11.9 Å². The summed E-state index contributed by atoms with van der Waals surface area (Å²) in [6.45, 7) is 0. The molecule has 0 aliphatic rings. The van der Waals surface area contributed by atoms with Crippen molar-refractivity contribution in [2.24, 2.45) is 0 Å². The normalized spacial score (nSPS) is 12.2. The molecule has 0 fully saturated rings. The maximum Gasteiger partial charge on any atom is 0.168 e. The maximum atomic E-state index is 13.9. The van der Waals surface area contributed by atoms with Gasteiger partial charge in [-0.3, -0.25) is 0 Å². The van der Waals surface area contributed by atoms with E-state index in [9.17, 15) is 9.50 Å². The number of halogens is 1. The van der Waals surface area contributed by atoms with Crippen LogP contribution in [0.25, 0.3) is 0 Å². The molecule has 2 aromatic carbocycles. The highest BCUT2D eigenvalue weighted by Gasteiger charge is 2.13. The number of hydrogen-bond donors (Lipinski definition) is 1. The molecule has 2 aromatic rings. The lowest BCUT2D eigenvalue weighted by Crippen LogP contribution is -2.04. The number of hydrogen-bond acceptors (Lipinski definition) is 2. The number of benzene rings is 2. The highest BCUT2D eigenvalue weighted by Crippen LogP contribution is 2.24. The highest BCUT2D eigenvalue weighted by molar-refractivity contribution is 5.32. The van der Waals surface area contributed by atoms with Crippen LogP contribution in [0.1, 0.15) is 17.2 Å². The summed E-state index contributed by atoms with van der Waals surface area (Å²) in [6, 6.07) is 14.2. The number of aliphatic hydroxyl groups excluding tert-OH is 1. The van der Waals surface area contributed by atoms with E-state index in [2.05, 4.69) is 0 Å². The van der Waals surface area contributed by atoms with Crippen LogP contribution in [0.4, 0.5) is 4.39 Å². The zero-order valence-electron chi connectivity index (χ0n) is 10.1. The van der Waals surface area contributed by atoms with Crippen molar-refractivity contribution < 1.29 is 14.2 Å². The predicted octanol–water partition coefficient (Wildman–Crippen LogP) is 3.11. The van der Waals surface area contributed by atoms with Gasteiger partial charge in [0.2, 0.25) is 0 Å². The van der Waals surface area contributed by atoms with Gasteiger partial charge in [0.05, 0.1) is 13.2 Å². The van der Waals surface area contributed by atoms with Gasteiger partial charge < -0.3 is 9.84 Å². The Bertz CT molecular complexity index is 511. The molecule has 0 aliphatic carbocycles. The van der Waals surface area contributed by atoms with E-state index in [0.29, 0.717) is 5.56 Å². The van der Waals surface area contributed by atoms with Gasteiger partial charge in [-0.25, -0.2) is 4.39 Å². The standard InChI is InChI=1S/C15H15FO2/c1-18-14-9-5-8-12(15(14)16)10-13(17)11-6-3-2-4-7-11/h2-9,13,17H,10H2,1H3. The van der Waals surface area contributed by atoms with Crippen LogP contribution >= 0.6 is 0 Å². The van der Waals surface area contributed by atoms with E-state index in [4.69, 9.17) is 4.74 Å². The van der Waals surface area contributed by atoms with E-state index in [1.165, 1.54) is 7.11 Å². The van der Waals surface area contributed by atoms with Crippen LogP contribution in [0.2, 0.25) is 0 Å². The van der Waals surface area contributed by atoms with Crippen molar-refractivity contribution in [2.75, 3.05) is 7.11 Å². The van der Waals surface area contributed by atoms with Crippen molar-refractivity contribution in [3.63, 3.8) is 0 Å². The van der Waals surface area contributed by atoms with Crippen LogP contribution in [0.3, 0.4) is 0 Å². The minimum atomic E-state index is -0.715. The fourth-order valence-electron chi connectivity index (χ4n) is 1.87. The van der Waals surface area contributed by atoms with Gasteiger partial charge >= 0.3 is 0 Å². The molecular weight excluding hydrogens is 231 g/mol. The van der Waals surface area contributed by atoms with E-state index in [1.807, 2.05) is 30.3 Å². The van der Waals surface area contributed by atoms with Crippen molar-refractivity contribution in [3.05, 3.63) is 65.5 Å². The first-order valence-electron chi connectivity index (χ1n) is 5.76. The van der Waals surface area contributed by atoms with Gasteiger partial charge in [-0.2, -0.15) is 0 Å². The van der Waals surface area contributed by atoms with E-state index >= 15 is 0 Å². The zero-order chi connectivity index (χ0) is 13.0. The number of aliphatic hydroxyl groups is 1. The van der Waals surface area contributed by atoms with Gasteiger partial charge in [-0.1, -0.05) is 42.5 Å². The van der Waals surface area contributed by atoms with Gasteiger partial charge in [-0.15, -0.1) is 0 Å². The molecule has 2 rings (SSSR count). The van der Waals surface area contributed by atoms with Crippen molar-refractivity contribution in [3.8, 4) is 5.75 Å². The SMILES string of the molecule is COc1cccc(CC(O)c2ccccc2)c1F. The Labute approximate surface area is 106 Å². The summed E-state index contributed by atoms with van der Waals surface area (Å²) in [5, 5.41) is 10.1. The fraction of sp³-hybridized carbons (Fsp3) is 0.200. The molecular formula is C15H15FO2. The predicted molar refractivity (Wildman–Crippen MR) is 68.1 cm³/mol. The minimum absolute atomic E-state index is 0.202. The number of methoxy groups -OCH3 is 1. The van der Waals surface area contributed by atoms with Crippen LogP contribution in [0.15, 0.2) is 48.5 Å². The topological polar surface area (TPSA) is 29.5 Å². The van der Waals surface area contributed by atoms with Crippen molar-refractivity contribution in [2.45, 2.75) is 12.5 Å². The average molecular weight is 246 g/mol. The third kappa shape index (κ3) is 2.68. The monoisotopic (exact) mass is 246 g/mol. The lowest BCUT2D eigenvalue weighted by Gasteiger charge is -2.12. The summed E-state index contributed by atoms with van der Waals surface area (Å²) < 4.78 is 18.8. The summed E-state index contributed by atoms with van der Waals surface area (Å²) in [5.74, 6) is -0.206. The Morgan fingerprint density at radius 1 is 1.11 bits per heavy atom. The molecule has 1 unspecified atom stereocenters. The zero-order valence-corrected chi connectivity index (χ0v) is 10.1. The van der Waals surface area contributed by atoms with Crippen molar-refractivity contribution >= 4 is 0 Å². The Morgan fingerprint density at radius 3 is 2.50 bits per heavy atom. The molecule has 94 valence electrons. The molecule has 0 spiro atoms. The van der Waals surface area contributed by atoms with Gasteiger partial charge in [0.15, 0.2) is 11.6 Å².